The van der Waals surface area contributed by atoms with E-state index >= 15 is 0 Å². The van der Waals surface area contributed by atoms with Gasteiger partial charge in [0.25, 0.3) is 4.98 Å². The summed E-state index contributed by atoms with van der Waals surface area (Å²) in [6.45, 7) is 5.88. The van der Waals surface area contributed by atoms with Gasteiger partial charge < -0.3 is 0 Å². The van der Waals surface area contributed by atoms with Crippen molar-refractivity contribution in [1.29, 1.82) is 0 Å². The minimum atomic E-state index is -0.261. The minimum absolute atomic E-state index is 0.0505. The number of nitrogens with zero attached hydrogens (tertiary/aromatic N) is 5. The normalized spacial score (nSPS) is 22.9. The van der Waals surface area contributed by atoms with Gasteiger partial charge in [-0.3, -0.25) is 0 Å². The van der Waals surface area contributed by atoms with Gasteiger partial charge in [0.05, 0.1) is 35.8 Å². The average molecular weight is 297 g/mol. The van der Waals surface area contributed by atoms with E-state index in [9.17, 15) is 4.91 Å². The lowest BCUT2D eigenvalue weighted by molar-refractivity contribution is -0.797. The lowest BCUT2D eigenvalue weighted by Gasteiger charge is -2.27. The number of nitroso groups, excluding NO2 is 1. The molecule has 2 rings (SSSR count). The largest absolute Gasteiger partial charge is 0.274 e. The first-order chi connectivity index (χ1) is 9.88. The minimum Gasteiger partial charge on any atom is -0.250 e. The molecule has 8 nitrogen and oxygen atoms in total. The maximum atomic E-state index is 11.9. The lowest BCUT2D eigenvalue weighted by Crippen LogP contribution is -2.50. The van der Waals surface area contributed by atoms with Crippen molar-refractivity contribution in [3.63, 3.8) is 0 Å². The Hall–Kier alpha value is -1.70. The molecule has 0 bridgehead atoms. The van der Waals surface area contributed by atoms with Crippen LogP contribution >= 0.6 is 0 Å². The molecule has 118 valence electrons. The van der Waals surface area contributed by atoms with Gasteiger partial charge in [-0.1, -0.05) is 5.21 Å². The van der Waals surface area contributed by atoms with Crippen LogP contribution in [0.3, 0.4) is 0 Å². The molecule has 1 aliphatic rings. The second-order valence-corrected chi connectivity index (χ2v) is 6.49. The summed E-state index contributed by atoms with van der Waals surface area (Å²) in [7, 11) is 1.73. The fourth-order valence-corrected chi connectivity index (χ4v) is 2.29. The Balaban J connectivity index is 1.73. The maximum absolute atomic E-state index is 11.9. The van der Waals surface area contributed by atoms with E-state index in [2.05, 4.69) is 15.9 Å². The maximum Gasteiger partial charge on any atom is 0.274 e. The molecule has 21 heavy (non-hydrogen) atoms. The van der Waals surface area contributed by atoms with Gasteiger partial charge in [-0.2, -0.15) is 0 Å². The molecular weight excluding hydrogens is 272 g/mol. The predicted molar refractivity (Wildman–Crippen MR) is 76.7 cm³/mol. The quantitative estimate of drug-likeness (QED) is 0.657. The Bertz CT molecular complexity index is 448. The molecule has 0 amide bonds. The molecule has 0 atom stereocenters. The summed E-state index contributed by atoms with van der Waals surface area (Å²) in [6, 6.07) is 0.382. The standard InChI is InChI=1S/C13H25N6O2/c1-13(2,3)17(4)19(20)16-21-12-7-5-11(6-8-12)18-10-9-14-15-18/h9-12H,5-8H2,1-4H3,(H,16,20)/q+1. The molecule has 0 radical (unpaired) electrons. The first kappa shape index (κ1) is 15.7. The van der Waals surface area contributed by atoms with Gasteiger partial charge in [-0.25, -0.2) is 9.52 Å². The third kappa shape index (κ3) is 4.13. The Morgan fingerprint density at radius 2 is 2.00 bits per heavy atom. The fraction of sp³-hybridized carbons (Fsp3) is 0.846. The summed E-state index contributed by atoms with van der Waals surface area (Å²) >= 11 is 0. The Labute approximate surface area is 124 Å². The topological polar surface area (TPSA) is 75.3 Å². The van der Waals surface area contributed by atoms with Crippen LogP contribution in [-0.4, -0.2) is 43.7 Å². The summed E-state index contributed by atoms with van der Waals surface area (Å²) in [5.74, 6) is 0. The van der Waals surface area contributed by atoms with Crippen LogP contribution in [0.25, 0.3) is 0 Å². The highest BCUT2D eigenvalue weighted by atomic mass is 16.7. The van der Waals surface area contributed by atoms with Crippen LogP contribution in [-0.2, 0) is 4.84 Å². The van der Waals surface area contributed by atoms with Crippen molar-refractivity contribution in [1.82, 2.24) is 25.6 Å². The molecule has 1 aromatic rings. The van der Waals surface area contributed by atoms with E-state index in [0.29, 0.717) is 11.0 Å². The van der Waals surface area contributed by atoms with Crippen LogP contribution in [0, 0.1) is 4.91 Å². The fourth-order valence-electron chi connectivity index (χ4n) is 2.29. The van der Waals surface area contributed by atoms with Crippen LogP contribution in [0.15, 0.2) is 12.4 Å². The molecule has 1 aliphatic carbocycles. The van der Waals surface area contributed by atoms with Gasteiger partial charge in [-0.15, -0.1) is 10.1 Å². The SMILES string of the molecule is CN([N+](=O)NOC1CCC(n2ccnn2)CC1)C(C)(C)C. The molecule has 0 saturated heterocycles. The lowest BCUT2D eigenvalue weighted by atomic mass is 9.93. The van der Waals surface area contributed by atoms with Crippen LogP contribution in [0.1, 0.15) is 52.5 Å². The number of hydrogen-bond donors (Lipinski definition) is 1. The average Bonchev–Trinajstić information content (AvgIpc) is 2.97. The van der Waals surface area contributed by atoms with E-state index in [1.807, 2.05) is 31.6 Å². The van der Waals surface area contributed by atoms with Gasteiger partial charge in [0.15, 0.2) is 0 Å². The van der Waals surface area contributed by atoms with Gasteiger partial charge >= 0.3 is 0 Å². The van der Waals surface area contributed by atoms with Crippen molar-refractivity contribution in [2.45, 2.75) is 64.1 Å². The van der Waals surface area contributed by atoms with Crippen molar-refractivity contribution in [3.05, 3.63) is 17.3 Å². The molecule has 1 aromatic heterocycles. The molecule has 0 unspecified atom stereocenters. The van der Waals surface area contributed by atoms with E-state index in [1.54, 1.807) is 18.3 Å². The second kappa shape index (κ2) is 6.38. The number of rotatable bonds is 5. The van der Waals surface area contributed by atoms with Crippen molar-refractivity contribution in [2.24, 2.45) is 0 Å². The van der Waals surface area contributed by atoms with E-state index in [-0.39, 0.29) is 11.6 Å². The molecule has 0 aromatic carbocycles. The highest BCUT2D eigenvalue weighted by molar-refractivity contribution is 4.78. The zero-order valence-electron chi connectivity index (χ0n) is 13.2. The third-order valence-corrected chi connectivity index (χ3v) is 4.00. The number of nitrogens with one attached hydrogen (secondary N) is 1. The Morgan fingerprint density at radius 1 is 1.33 bits per heavy atom. The van der Waals surface area contributed by atoms with Crippen molar-refractivity contribution in [2.75, 3.05) is 7.05 Å². The second-order valence-electron chi connectivity index (χ2n) is 6.49. The van der Waals surface area contributed by atoms with Gasteiger partial charge in [0, 0.05) is 11.8 Å². The summed E-state index contributed by atoms with van der Waals surface area (Å²) in [5, 5.41) is 9.42. The van der Waals surface area contributed by atoms with E-state index in [0.717, 1.165) is 25.7 Å². The summed E-state index contributed by atoms with van der Waals surface area (Å²) in [4.78, 5) is 18.0. The monoisotopic (exact) mass is 297 g/mol. The highest BCUT2D eigenvalue weighted by Gasteiger charge is 2.31. The first-order valence-corrected chi connectivity index (χ1v) is 7.36. The number of hydrazine groups is 2. The zero-order valence-corrected chi connectivity index (χ0v) is 13.2. The van der Waals surface area contributed by atoms with Gasteiger partial charge in [0.2, 0.25) is 0 Å². The smallest absolute Gasteiger partial charge is 0.250 e. The molecule has 1 fully saturated rings. The Kier molecular flexibility index (Phi) is 4.76. The molecular formula is C13H25N6O2+. The number of hydrogen-bond acceptors (Lipinski definition) is 4. The first-order valence-electron chi connectivity index (χ1n) is 7.36. The molecule has 1 N–H and O–H groups in total. The summed E-state index contributed by atoms with van der Waals surface area (Å²) in [6.07, 6.45) is 7.38. The van der Waals surface area contributed by atoms with Gasteiger partial charge in [0.1, 0.15) is 0 Å². The van der Waals surface area contributed by atoms with Crippen molar-refractivity contribution < 1.29 is 9.82 Å². The van der Waals surface area contributed by atoms with E-state index < -0.39 is 0 Å². The van der Waals surface area contributed by atoms with Crippen LogP contribution in [0.2, 0.25) is 0 Å². The van der Waals surface area contributed by atoms with E-state index in [4.69, 9.17) is 4.84 Å². The van der Waals surface area contributed by atoms with E-state index in [1.165, 1.54) is 0 Å². The van der Waals surface area contributed by atoms with Crippen molar-refractivity contribution in [3.8, 4) is 0 Å². The third-order valence-electron chi connectivity index (χ3n) is 4.00. The zero-order chi connectivity index (χ0) is 15.5. The van der Waals surface area contributed by atoms with Crippen LogP contribution in [0.4, 0.5) is 0 Å². The summed E-state index contributed by atoms with van der Waals surface area (Å²) < 4.78 is 1.90. The highest BCUT2D eigenvalue weighted by Crippen LogP contribution is 2.28. The van der Waals surface area contributed by atoms with Gasteiger partial charge in [-0.05, 0) is 46.5 Å². The summed E-state index contributed by atoms with van der Waals surface area (Å²) in [5.41, 5.74) is 2.22. The molecule has 1 saturated carbocycles. The predicted octanol–water partition coefficient (Wildman–Crippen LogP) is 1.62. The Morgan fingerprint density at radius 3 is 2.52 bits per heavy atom. The van der Waals surface area contributed by atoms with Crippen LogP contribution < -0.4 is 5.59 Å². The molecule has 1 heterocycles. The van der Waals surface area contributed by atoms with Crippen molar-refractivity contribution >= 4 is 0 Å². The molecule has 0 spiro atoms. The number of aromatic nitrogens is 3. The molecule has 0 aliphatic heterocycles. The molecule has 8 heteroatoms. The van der Waals surface area contributed by atoms with Crippen LogP contribution in [0.5, 0.6) is 0 Å².